The van der Waals surface area contributed by atoms with E-state index in [0.717, 1.165) is 12.5 Å². The molecule has 0 saturated heterocycles. The lowest BCUT2D eigenvalue weighted by Gasteiger charge is -2.20. The lowest BCUT2D eigenvalue weighted by molar-refractivity contribution is 0.395. The van der Waals surface area contributed by atoms with Crippen LogP contribution in [0.3, 0.4) is 0 Å². The molecule has 1 N–H and O–H groups in total. The van der Waals surface area contributed by atoms with Crippen LogP contribution < -0.4 is 5.32 Å². The number of hydrogen-bond donors (Lipinski definition) is 1. The van der Waals surface area contributed by atoms with Crippen LogP contribution in [0.1, 0.15) is 50.8 Å². The van der Waals surface area contributed by atoms with E-state index in [2.05, 4.69) is 29.4 Å². The van der Waals surface area contributed by atoms with Crippen molar-refractivity contribution in [2.75, 3.05) is 6.54 Å². The number of rotatable bonds is 5. The maximum atomic E-state index is 4.48. The van der Waals surface area contributed by atoms with Gasteiger partial charge in [-0.2, -0.15) is 0 Å². The van der Waals surface area contributed by atoms with E-state index >= 15 is 0 Å². The topological polar surface area (TPSA) is 24.9 Å². The Morgan fingerprint density at radius 1 is 1.38 bits per heavy atom. The minimum Gasteiger partial charge on any atom is -0.309 e. The summed E-state index contributed by atoms with van der Waals surface area (Å²) in [7, 11) is 0. The van der Waals surface area contributed by atoms with Crippen molar-refractivity contribution >= 4 is 0 Å². The highest BCUT2D eigenvalue weighted by Crippen LogP contribution is 2.32. The summed E-state index contributed by atoms with van der Waals surface area (Å²) in [5.74, 6) is 0.908. The Kier molecular flexibility index (Phi) is 4.34. The van der Waals surface area contributed by atoms with Crippen LogP contribution >= 0.6 is 0 Å². The van der Waals surface area contributed by atoms with Crippen molar-refractivity contribution in [3.05, 3.63) is 30.1 Å². The minimum atomic E-state index is 0.453. The molecule has 1 aromatic heterocycles. The van der Waals surface area contributed by atoms with Crippen molar-refractivity contribution < 1.29 is 0 Å². The van der Waals surface area contributed by atoms with Crippen LogP contribution in [-0.2, 0) is 0 Å². The molecule has 2 heteroatoms. The molecule has 88 valence electrons. The molecule has 0 aromatic carbocycles. The standard InChI is InChI=1S/C14H22N2/c1-2-15-14(11-12-7-3-4-8-12)13-9-5-6-10-16-13/h5-6,9-10,12,14-15H,2-4,7-8,11H2,1H3. The van der Waals surface area contributed by atoms with Crippen LogP contribution in [0.4, 0.5) is 0 Å². The van der Waals surface area contributed by atoms with Gasteiger partial charge < -0.3 is 5.32 Å². The monoisotopic (exact) mass is 218 g/mol. The van der Waals surface area contributed by atoms with Gasteiger partial charge in [-0.05, 0) is 31.0 Å². The Balaban J connectivity index is 1.99. The lowest BCUT2D eigenvalue weighted by atomic mass is 9.96. The normalized spacial score (nSPS) is 18.8. The fraction of sp³-hybridized carbons (Fsp3) is 0.643. The number of pyridine rings is 1. The molecule has 0 bridgehead atoms. The van der Waals surface area contributed by atoms with Gasteiger partial charge in [-0.3, -0.25) is 4.98 Å². The van der Waals surface area contributed by atoms with Gasteiger partial charge in [-0.1, -0.05) is 38.7 Å². The van der Waals surface area contributed by atoms with Gasteiger partial charge in [0.2, 0.25) is 0 Å². The van der Waals surface area contributed by atoms with Crippen LogP contribution in [0.5, 0.6) is 0 Å². The van der Waals surface area contributed by atoms with Crippen molar-refractivity contribution in [2.45, 2.75) is 45.1 Å². The molecule has 1 saturated carbocycles. The molecule has 0 spiro atoms. The highest BCUT2D eigenvalue weighted by Gasteiger charge is 2.21. The first kappa shape index (κ1) is 11.6. The first-order chi connectivity index (χ1) is 7.90. The molecule has 16 heavy (non-hydrogen) atoms. The molecule has 1 unspecified atom stereocenters. The third kappa shape index (κ3) is 3.05. The van der Waals surface area contributed by atoms with Gasteiger partial charge in [0.1, 0.15) is 0 Å². The fourth-order valence-corrected chi connectivity index (χ4v) is 2.72. The summed E-state index contributed by atoms with van der Waals surface area (Å²) in [4.78, 5) is 4.48. The lowest BCUT2D eigenvalue weighted by Crippen LogP contribution is -2.23. The molecule has 0 amide bonds. The van der Waals surface area contributed by atoms with Gasteiger partial charge in [0, 0.05) is 12.2 Å². The average molecular weight is 218 g/mol. The smallest absolute Gasteiger partial charge is 0.0573 e. The number of nitrogens with zero attached hydrogens (tertiary/aromatic N) is 1. The second kappa shape index (κ2) is 6.00. The maximum absolute atomic E-state index is 4.48. The van der Waals surface area contributed by atoms with E-state index in [4.69, 9.17) is 0 Å². The van der Waals surface area contributed by atoms with Gasteiger partial charge in [0.05, 0.1) is 5.69 Å². The fourth-order valence-electron chi connectivity index (χ4n) is 2.72. The van der Waals surface area contributed by atoms with Crippen LogP contribution in [0.2, 0.25) is 0 Å². The van der Waals surface area contributed by atoms with Crippen molar-refractivity contribution in [3.63, 3.8) is 0 Å². The van der Waals surface area contributed by atoms with Gasteiger partial charge in [-0.15, -0.1) is 0 Å². The molecule has 1 heterocycles. The van der Waals surface area contributed by atoms with E-state index in [1.807, 2.05) is 12.3 Å². The van der Waals surface area contributed by atoms with Crippen molar-refractivity contribution in [1.82, 2.24) is 10.3 Å². The van der Waals surface area contributed by atoms with Crippen molar-refractivity contribution in [1.29, 1.82) is 0 Å². The summed E-state index contributed by atoms with van der Waals surface area (Å²) in [5.41, 5.74) is 1.20. The summed E-state index contributed by atoms with van der Waals surface area (Å²) < 4.78 is 0. The molecule has 0 radical (unpaired) electrons. The zero-order valence-electron chi connectivity index (χ0n) is 10.2. The zero-order chi connectivity index (χ0) is 11.2. The highest BCUT2D eigenvalue weighted by molar-refractivity contribution is 5.08. The Morgan fingerprint density at radius 2 is 2.19 bits per heavy atom. The van der Waals surface area contributed by atoms with E-state index in [-0.39, 0.29) is 0 Å². The van der Waals surface area contributed by atoms with Crippen LogP contribution in [0.25, 0.3) is 0 Å². The quantitative estimate of drug-likeness (QED) is 0.820. The largest absolute Gasteiger partial charge is 0.309 e. The Bertz CT molecular complexity index is 291. The first-order valence-electron chi connectivity index (χ1n) is 6.54. The zero-order valence-corrected chi connectivity index (χ0v) is 10.2. The SMILES string of the molecule is CCNC(CC1CCCC1)c1ccccn1. The highest BCUT2D eigenvalue weighted by atomic mass is 14.9. The third-order valence-electron chi connectivity index (χ3n) is 3.54. The summed E-state index contributed by atoms with van der Waals surface area (Å²) in [6.07, 6.45) is 8.82. The van der Waals surface area contributed by atoms with E-state index in [0.29, 0.717) is 6.04 Å². The molecule has 1 aliphatic carbocycles. The van der Waals surface area contributed by atoms with E-state index in [1.165, 1.54) is 37.8 Å². The predicted octanol–water partition coefficient (Wildman–Crippen LogP) is 3.31. The van der Waals surface area contributed by atoms with Gasteiger partial charge in [-0.25, -0.2) is 0 Å². The molecule has 1 fully saturated rings. The molecule has 2 rings (SSSR count). The molecule has 0 aliphatic heterocycles. The summed E-state index contributed by atoms with van der Waals surface area (Å²) in [5, 5.41) is 3.56. The van der Waals surface area contributed by atoms with Crippen LogP contribution in [0.15, 0.2) is 24.4 Å². The van der Waals surface area contributed by atoms with Gasteiger partial charge >= 0.3 is 0 Å². The van der Waals surface area contributed by atoms with Crippen LogP contribution in [-0.4, -0.2) is 11.5 Å². The third-order valence-corrected chi connectivity index (χ3v) is 3.54. The Morgan fingerprint density at radius 3 is 2.81 bits per heavy atom. The van der Waals surface area contributed by atoms with Gasteiger partial charge in [0.15, 0.2) is 0 Å². The molecular weight excluding hydrogens is 196 g/mol. The molecule has 1 aromatic rings. The van der Waals surface area contributed by atoms with Crippen molar-refractivity contribution in [3.8, 4) is 0 Å². The van der Waals surface area contributed by atoms with E-state index in [9.17, 15) is 0 Å². The number of aromatic nitrogens is 1. The number of hydrogen-bond acceptors (Lipinski definition) is 2. The summed E-state index contributed by atoms with van der Waals surface area (Å²) >= 11 is 0. The summed E-state index contributed by atoms with van der Waals surface area (Å²) in [6, 6.07) is 6.67. The summed E-state index contributed by atoms with van der Waals surface area (Å²) in [6.45, 7) is 3.19. The van der Waals surface area contributed by atoms with Crippen molar-refractivity contribution in [2.24, 2.45) is 5.92 Å². The van der Waals surface area contributed by atoms with E-state index < -0.39 is 0 Å². The van der Waals surface area contributed by atoms with E-state index in [1.54, 1.807) is 0 Å². The maximum Gasteiger partial charge on any atom is 0.0573 e. The Labute approximate surface area is 98.5 Å². The Hall–Kier alpha value is -0.890. The molecule has 2 nitrogen and oxygen atoms in total. The molecular formula is C14H22N2. The van der Waals surface area contributed by atoms with Crippen LogP contribution in [0, 0.1) is 5.92 Å². The predicted molar refractivity (Wildman–Crippen MR) is 67.2 cm³/mol. The first-order valence-corrected chi connectivity index (χ1v) is 6.54. The second-order valence-corrected chi connectivity index (χ2v) is 4.75. The van der Waals surface area contributed by atoms with Gasteiger partial charge in [0.25, 0.3) is 0 Å². The molecule has 1 atom stereocenters. The average Bonchev–Trinajstić information content (AvgIpc) is 2.83. The second-order valence-electron chi connectivity index (χ2n) is 4.75. The molecule has 1 aliphatic rings. The number of nitrogens with one attached hydrogen (secondary N) is 1. The minimum absolute atomic E-state index is 0.453.